The molecule has 7 nitrogen and oxygen atoms in total. The van der Waals surface area contributed by atoms with Crippen LogP contribution in [0.4, 0.5) is 0 Å². The maximum atomic E-state index is 12.7. The Kier molecular flexibility index (Phi) is 30.7. The number of unbranched alkanes of at least 4 members (excludes halogenated alkanes) is 2. The van der Waals surface area contributed by atoms with Crippen LogP contribution in [0.15, 0.2) is 0 Å². The Labute approximate surface area is 340 Å². The smallest absolute Gasteiger partial charge is 0.306 e. The van der Waals surface area contributed by atoms with E-state index in [1.54, 1.807) is 0 Å². The molecule has 2 rings (SSSR count). The van der Waals surface area contributed by atoms with Gasteiger partial charge in [-0.2, -0.15) is 0 Å². The van der Waals surface area contributed by atoms with Crippen LogP contribution in [-0.4, -0.2) is 68.7 Å². The Hall–Kier alpha value is -1.18. The summed E-state index contributed by atoms with van der Waals surface area (Å²) in [6.45, 7) is 10.7. The first-order valence-electron chi connectivity index (χ1n) is 24.2. The zero-order valence-corrected chi connectivity index (χ0v) is 37.0. The molecule has 3 unspecified atom stereocenters. The minimum absolute atomic E-state index is 0.00656. The number of hydrogen-bond acceptors (Lipinski definition) is 7. The molecule has 0 aliphatic carbocycles. The van der Waals surface area contributed by atoms with Crippen LogP contribution in [0.1, 0.15) is 233 Å². The zero-order valence-electron chi connectivity index (χ0n) is 37.0. The minimum Gasteiger partial charge on any atom is -0.466 e. The summed E-state index contributed by atoms with van der Waals surface area (Å²) in [4.78, 5) is 27.8. The third kappa shape index (κ3) is 26.4. The van der Waals surface area contributed by atoms with Gasteiger partial charge in [0.25, 0.3) is 0 Å². The molecule has 1 spiro atoms. The molecule has 0 aromatic heterocycles. The molecule has 0 N–H and O–H groups in total. The van der Waals surface area contributed by atoms with Gasteiger partial charge in [0, 0.05) is 32.2 Å². The average molecular weight is 778 g/mol. The first kappa shape index (κ1) is 50.0. The minimum atomic E-state index is -0.382. The summed E-state index contributed by atoms with van der Waals surface area (Å²) in [5.41, 5.74) is 0. The Morgan fingerprint density at radius 1 is 0.564 bits per heavy atom. The van der Waals surface area contributed by atoms with Crippen molar-refractivity contribution in [2.45, 2.75) is 245 Å². The highest BCUT2D eigenvalue weighted by Crippen LogP contribution is 2.36. The highest BCUT2D eigenvalue weighted by Gasteiger charge is 2.40. The monoisotopic (exact) mass is 778 g/mol. The van der Waals surface area contributed by atoms with Crippen LogP contribution in [0.25, 0.3) is 0 Å². The number of hydrogen-bond donors (Lipinski definition) is 0. The normalized spacial score (nSPS) is 27.5. The van der Waals surface area contributed by atoms with Gasteiger partial charge in [0.1, 0.15) is 0 Å². The molecule has 55 heavy (non-hydrogen) atoms. The van der Waals surface area contributed by atoms with E-state index in [1.165, 1.54) is 128 Å². The standard InChI is InChI=1S/C48H91NO6/c1-5-8-30-43-32-24-18-19-25-33-44(31-9-6-2)41-47(51)53-39-29-23-17-13-11-15-21-27-36-48(54-42-45(55-48)34-37-49(4)7-3)35-26-20-14-10-12-16-22-28-38-52-46(50)40-43/h43-45H,5-42H2,1-4H3. The van der Waals surface area contributed by atoms with E-state index in [9.17, 15) is 9.59 Å². The van der Waals surface area contributed by atoms with Crippen LogP contribution >= 0.6 is 0 Å². The molecule has 324 valence electrons. The molecular weight excluding hydrogens is 687 g/mol. The molecule has 0 aromatic rings. The molecule has 2 heterocycles. The molecule has 0 bridgehead atoms. The summed E-state index contributed by atoms with van der Waals surface area (Å²) in [7, 11) is 2.19. The second kappa shape index (κ2) is 33.8. The molecule has 3 atom stereocenters. The molecule has 7 heteroatoms. The first-order valence-corrected chi connectivity index (χ1v) is 24.2. The van der Waals surface area contributed by atoms with Crippen LogP contribution in [0.3, 0.4) is 0 Å². The zero-order chi connectivity index (χ0) is 39.7. The topological polar surface area (TPSA) is 74.3 Å². The van der Waals surface area contributed by atoms with Crippen molar-refractivity contribution in [1.82, 2.24) is 4.90 Å². The summed E-state index contributed by atoms with van der Waals surface area (Å²) in [5, 5.41) is 0. The van der Waals surface area contributed by atoms with Crippen LogP contribution in [0, 0.1) is 11.8 Å². The van der Waals surface area contributed by atoms with Crippen molar-refractivity contribution >= 4 is 11.9 Å². The molecule has 2 fully saturated rings. The van der Waals surface area contributed by atoms with Gasteiger partial charge in [-0.05, 0) is 83.2 Å². The fraction of sp³-hybridized carbons (Fsp3) is 0.958. The van der Waals surface area contributed by atoms with Crippen LogP contribution in [0.5, 0.6) is 0 Å². The van der Waals surface area contributed by atoms with Crippen LogP contribution < -0.4 is 0 Å². The third-order valence-electron chi connectivity index (χ3n) is 12.5. The van der Waals surface area contributed by atoms with E-state index < -0.39 is 0 Å². The van der Waals surface area contributed by atoms with E-state index in [1.807, 2.05) is 0 Å². The first-order chi connectivity index (χ1) is 26.9. The van der Waals surface area contributed by atoms with E-state index in [0.29, 0.717) is 37.9 Å². The number of esters is 2. The lowest BCUT2D eigenvalue weighted by Gasteiger charge is -2.29. The van der Waals surface area contributed by atoms with Crippen LogP contribution in [0.2, 0.25) is 0 Å². The number of carbonyl (C=O) groups excluding carboxylic acids is 2. The number of nitrogens with zero attached hydrogens (tertiary/aromatic N) is 1. The highest BCUT2D eigenvalue weighted by atomic mass is 16.7. The van der Waals surface area contributed by atoms with Gasteiger partial charge in [-0.15, -0.1) is 0 Å². The van der Waals surface area contributed by atoms with Gasteiger partial charge in [0.2, 0.25) is 0 Å². The van der Waals surface area contributed by atoms with Crippen molar-refractivity contribution in [3.8, 4) is 0 Å². The van der Waals surface area contributed by atoms with Gasteiger partial charge in [-0.3, -0.25) is 9.59 Å². The van der Waals surface area contributed by atoms with Gasteiger partial charge >= 0.3 is 11.9 Å². The molecule has 0 aromatic carbocycles. The number of cyclic esters (lactones) is 2. The Morgan fingerprint density at radius 2 is 0.982 bits per heavy atom. The number of carbonyl (C=O) groups is 2. The predicted molar refractivity (Wildman–Crippen MR) is 229 cm³/mol. The lowest BCUT2D eigenvalue weighted by molar-refractivity contribution is -0.180. The second-order valence-electron chi connectivity index (χ2n) is 17.7. The lowest BCUT2D eigenvalue weighted by Crippen LogP contribution is -2.32. The summed E-state index contributed by atoms with van der Waals surface area (Å²) in [6, 6.07) is 0. The summed E-state index contributed by atoms with van der Waals surface area (Å²) < 4.78 is 24.7. The van der Waals surface area contributed by atoms with E-state index in [0.717, 1.165) is 90.3 Å². The van der Waals surface area contributed by atoms with Crippen molar-refractivity contribution in [3.05, 3.63) is 0 Å². The molecule has 2 aliphatic heterocycles. The van der Waals surface area contributed by atoms with Crippen molar-refractivity contribution < 1.29 is 28.5 Å². The molecule has 2 aliphatic rings. The summed E-state index contributed by atoms with van der Waals surface area (Å²) in [6.07, 6.45) is 37.7. The van der Waals surface area contributed by atoms with E-state index in [4.69, 9.17) is 18.9 Å². The molecule has 0 amide bonds. The maximum Gasteiger partial charge on any atom is 0.306 e. The quantitative estimate of drug-likeness (QED) is 0.204. The van der Waals surface area contributed by atoms with E-state index >= 15 is 0 Å². The molecule has 2 saturated heterocycles. The van der Waals surface area contributed by atoms with Gasteiger partial charge in [-0.25, -0.2) is 0 Å². The van der Waals surface area contributed by atoms with Crippen molar-refractivity contribution in [3.63, 3.8) is 0 Å². The second-order valence-corrected chi connectivity index (χ2v) is 17.7. The van der Waals surface area contributed by atoms with Crippen molar-refractivity contribution in [2.75, 3.05) is 40.0 Å². The maximum absolute atomic E-state index is 12.7. The summed E-state index contributed by atoms with van der Waals surface area (Å²) >= 11 is 0. The lowest BCUT2D eigenvalue weighted by atomic mass is 9.90. The van der Waals surface area contributed by atoms with Gasteiger partial charge in [0.05, 0.1) is 25.9 Å². The van der Waals surface area contributed by atoms with Gasteiger partial charge < -0.3 is 23.8 Å². The Morgan fingerprint density at radius 3 is 1.42 bits per heavy atom. The predicted octanol–water partition coefficient (Wildman–Crippen LogP) is 13.3. The van der Waals surface area contributed by atoms with Crippen molar-refractivity contribution in [1.29, 1.82) is 0 Å². The SMILES string of the molecule is CCCCC1CCCCCCC(CCCC)CC(=O)OCCCCCCCCCCC2(CCCCCCCCCCOC(=O)C1)OCC(CCN(C)CC)O2. The van der Waals surface area contributed by atoms with Crippen molar-refractivity contribution in [2.24, 2.45) is 11.8 Å². The largest absolute Gasteiger partial charge is 0.466 e. The van der Waals surface area contributed by atoms with Gasteiger partial charge in [-0.1, -0.05) is 149 Å². The third-order valence-corrected chi connectivity index (χ3v) is 12.5. The fourth-order valence-electron chi connectivity index (χ4n) is 8.65. The molecular formula is C48H91NO6. The average Bonchev–Trinajstić information content (AvgIpc) is 3.59. The highest BCUT2D eigenvalue weighted by molar-refractivity contribution is 5.70. The Balaban J connectivity index is 1.85. The molecule has 0 saturated carbocycles. The van der Waals surface area contributed by atoms with E-state index in [2.05, 4.69) is 32.7 Å². The number of ether oxygens (including phenoxy) is 4. The molecule has 0 radical (unpaired) electrons. The number of rotatable bonds is 10. The fourth-order valence-corrected chi connectivity index (χ4v) is 8.65. The summed E-state index contributed by atoms with van der Waals surface area (Å²) in [5.74, 6) is 0.525. The van der Waals surface area contributed by atoms with E-state index in [-0.39, 0.29) is 23.8 Å². The Bertz CT molecular complexity index is 857. The van der Waals surface area contributed by atoms with Gasteiger partial charge in [0.15, 0.2) is 5.79 Å². The van der Waals surface area contributed by atoms with Crippen LogP contribution in [-0.2, 0) is 28.5 Å².